The lowest BCUT2D eigenvalue weighted by Crippen LogP contribution is -2.27. The van der Waals surface area contributed by atoms with Crippen molar-refractivity contribution in [3.8, 4) is 0 Å². The normalized spacial score (nSPS) is 12.9. The van der Waals surface area contributed by atoms with Crippen LogP contribution in [0.3, 0.4) is 0 Å². The number of alkyl halides is 1. The molecule has 0 fully saturated rings. The van der Waals surface area contributed by atoms with E-state index in [-0.39, 0.29) is 16.5 Å². The SMILES string of the molecule is CCC(Br)C(=O)c1ccc(NC(=O)C(C)(C)C)cc1. The molecule has 1 aromatic rings. The minimum Gasteiger partial charge on any atom is -0.326 e. The van der Waals surface area contributed by atoms with Crippen LogP contribution in [-0.2, 0) is 4.79 Å². The van der Waals surface area contributed by atoms with Crippen LogP contribution < -0.4 is 5.32 Å². The molecule has 0 saturated carbocycles. The van der Waals surface area contributed by atoms with Crippen LogP contribution in [0.4, 0.5) is 5.69 Å². The van der Waals surface area contributed by atoms with Gasteiger partial charge in [0.05, 0.1) is 4.83 Å². The van der Waals surface area contributed by atoms with Crippen LogP contribution in [-0.4, -0.2) is 16.5 Å². The van der Waals surface area contributed by atoms with E-state index in [4.69, 9.17) is 0 Å². The summed E-state index contributed by atoms with van der Waals surface area (Å²) in [5.74, 6) is 0.0229. The van der Waals surface area contributed by atoms with Crippen LogP contribution >= 0.6 is 15.9 Å². The fourth-order valence-corrected chi connectivity index (χ4v) is 1.67. The Labute approximate surface area is 122 Å². The molecule has 1 amide bonds. The topological polar surface area (TPSA) is 46.2 Å². The first-order valence-corrected chi connectivity index (χ1v) is 7.27. The highest BCUT2D eigenvalue weighted by Crippen LogP contribution is 2.19. The molecule has 1 atom stereocenters. The minimum atomic E-state index is -0.433. The number of halogens is 1. The molecule has 104 valence electrons. The van der Waals surface area contributed by atoms with E-state index < -0.39 is 5.41 Å². The minimum absolute atomic E-state index is 0.0431. The highest BCUT2D eigenvalue weighted by Gasteiger charge is 2.21. The summed E-state index contributed by atoms with van der Waals surface area (Å²) in [5, 5.41) is 2.83. The van der Waals surface area contributed by atoms with Crippen LogP contribution in [0.25, 0.3) is 0 Å². The number of carbonyl (C=O) groups excluding carboxylic acids is 2. The third-order valence-corrected chi connectivity index (χ3v) is 3.81. The van der Waals surface area contributed by atoms with Crippen molar-refractivity contribution in [1.82, 2.24) is 0 Å². The molecule has 1 unspecified atom stereocenters. The predicted octanol–water partition coefficient (Wildman–Crippen LogP) is 4.03. The molecule has 0 bridgehead atoms. The predicted molar refractivity (Wildman–Crippen MR) is 81.9 cm³/mol. The lowest BCUT2D eigenvalue weighted by Gasteiger charge is -2.17. The van der Waals surface area contributed by atoms with Gasteiger partial charge in [-0.1, -0.05) is 43.6 Å². The molecular weight excluding hydrogens is 306 g/mol. The zero-order chi connectivity index (χ0) is 14.6. The zero-order valence-corrected chi connectivity index (χ0v) is 13.4. The number of benzene rings is 1. The Morgan fingerprint density at radius 1 is 1.21 bits per heavy atom. The molecule has 0 spiro atoms. The van der Waals surface area contributed by atoms with Crippen molar-refractivity contribution in [3.63, 3.8) is 0 Å². The maximum absolute atomic E-state index is 11.9. The summed E-state index contributed by atoms with van der Waals surface area (Å²) >= 11 is 3.34. The Balaban J connectivity index is 2.78. The first kappa shape index (κ1) is 15.9. The second-order valence-electron chi connectivity index (χ2n) is 5.52. The Morgan fingerprint density at radius 2 is 1.74 bits per heavy atom. The van der Waals surface area contributed by atoms with E-state index in [9.17, 15) is 9.59 Å². The highest BCUT2D eigenvalue weighted by atomic mass is 79.9. The van der Waals surface area contributed by atoms with Crippen LogP contribution in [0.2, 0.25) is 0 Å². The van der Waals surface area contributed by atoms with Crippen LogP contribution in [0.5, 0.6) is 0 Å². The molecule has 0 aliphatic carbocycles. The fourth-order valence-electron chi connectivity index (χ4n) is 1.40. The average Bonchev–Trinajstić information content (AvgIpc) is 2.36. The van der Waals surface area contributed by atoms with E-state index in [1.54, 1.807) is 24.3 Å². The van der Waals surface area contributed by atoms with Crippen molar-refractivity contribution in [2.75, 3.05) is 5.32 Å². The smallest absolute Gasteiger partial charge is 0.229 e. The number of anilines is 1. The monoisotopic (exact) mass is 325 g/mol. The summed E-state index contributed by atoms with van der Waals surface area (Å²) < 4.78 is 0. The second kappa shape index (κ2) is 6.33. The van der Waals surface area contributed by atoms with Gasteiger partial charge in [0, 0.05) is 16.7 Å². The van der Waals surface area contributed by atoms with E-state index in [0.29, 0.717) is 11.3 Å². The number of rotatable bonds is 4. The van der Waals surface area contributed by atoms with Crippen LogP contribution in [0, 0.1) is 5.41 Å². The summed E-state index contributed by atoms with van der Waals surface area (Å²) in [6, 6.07) is 6.99. The summed E-state index contributed by atoms with van der Waals surface area (Å²) in [6.45, 7) is 7.53. The molecule has 4 heteroatoms. The van der Waals surface area contributed by atoms with Gasteiger partial charge in [-0.2, -0.15) is 0 Å². The molecule has 1 N–H and O–H groups in total. The van der Waals surface area contributed by atoms with Crippen LogP contribution in [0.15, 0.2) is 24.3 Å². The molecule has 1 aromatic carbocycles. The number of amides is 1. The van der Waals surface area contributed by atoms with Gasteiger partial charge >= 0.3 is 0 Å². The van der Waals surface area contributed by atoms with Gasteiger partial charge in [0.1, 0.15) is 0 Å². The molecule has 0 aliphatic heterocycles. The molecule has 0 saturated heterocycles. The number of nitrogens with one attached hydrogen (secondary N) is 1. The standard InChI is InChI=1S/C15H20BrNO2/c1-5-12(16)13(18)10-6-8-11(9-7-10)17-14(19)15(2,3)4/h6-9,12H,5H2,1-4H3,(H,17,19). The fraction of sp³-hybridized carbons (Fsp3) is 0.467. The lowest BCUT2D eigenvalue weighted by atomic mass is 9.95. The Morgan fingerprint density at radius 3 is 2.16 bits per heavy atom. The van der Waals surface area contributed by atoms with E-state index >= 15 is 0 Å². The van der Waals surface area contributed by atoms with Gasteiger partial charge < -0.3 is 5.32 Å². The average molecular weight is 326 g/mol. The van der Waals surface area contributed by atoms with Gasteiger partial charge in [0.25, 0.3) is 0 Å². The van der Waals surface area contributed by atoms with Gasteiger partial charge in [0.15, 0.2) is 5.78 Å². The quantitative estimate of drug-likeness (QED) is 0.671. The van der Waals surface area contributed by atoms with Gasteiger partial charge in [-0.3, -0.25) is 9.59 Å². The number of hydrogen-bond acceptors (Lipinski definition) is 2. The van der Waals surface area contributed by atoms with E-state index in [2.05, 4.69) is 21.2 Å². The van der Waals surface area contributed by atoms with Crippen molar-refractivity contribution in [3.05, 3.63) is 29.8 Å². The summed E-state index contributed by atoms with van der Waals surface area (Å²) in [5.41, 5.74) is 0.925. The largest absolute Gasteiger partial charge is 0.326 e. The van der Waals surface area contributed by atoms with Crippen LogP contribution in [0.1, 0.15) is 44.5 Å². The Bertz CT molecular complexity index is 460. The maximum atomic E-state index is 11.9. The molecule has 3 nitrogen and oxygen atoms in total. The molecular formula is C15H20BrNO2. The second-order valence-corrected chi connectivity index (χ2v) is 6.63. The Hall–Kier alpha value is -1.16. The van der Waals surface area contributed by atoms with Crippen molar-refractivity contribution in [1.29, 1.82) is 0 Å². The van der Waals surface area contributed by atoms with Gasteiger partial charge in [-0.15, -0.1) is 0 Å². The Kier molecular flexibility index (Phi) is 5.29. The lowest BCUT2D eigenvalue weighted by molar-refractivity contribution is -0.123. The van der Waals surface area contributed by atoms with Gasteiger partial charge in [0.2, 0.25) is 5.91 Å². The third kappa shape index (κ3) is 4.46. The number of ketones is 1. The number of carbonyl (C=O) groups is 2. The third-order valence-electron chi connectivity index (χ3n) is 2.75. The molecule has 0 aliphatic rings. The number of Topliss-reactive ketones (excluding diaryl/α,β-unsaturated/α-hetero) is 1. The maximum Gasteiger partial charge on any atom is 0.229 e. The molecule has 1 rings (SSSR count). The highest BCUT2D eigenvalue weighted by molar-refractivity contribution is 9.10. The van der Waals surface area contributed by atoms with E-state index in [1.807, 2.05) is 27.7 Å². The van der Waals surface area contributed by atoms with Crippen molar-refractivity contribution < 1.29 is 9.59 Å². The number of hydrogen-bond donors (Lipinski definition) is 1. The summed E-state index contributed by atoms with van der Waals surface area (Å²) in [4.78, 5) is 23.6. The first-order valence-electron chi connectivity index (χ1n) is 6.35. The first-order chi connectivity index (χ1) is 8.75. The molecule has 19 heavy (non-hydrogen) atoms. The van der Waals surface area contributed by atoms with Gasteiger partial charge in [-0.25, -0.2) is 0 Å². The van der Waals surface area contributed by atoms with Crippen molar-refractivity contribution in [2.24, 2.45) is 5.41 Å². The van der Waals surface area contributed by atoms with Gasteiger partial charge in [-0.05, 0) is 30.7 Å². The van der Waals surface area contributed by atoms with Crippen molar-refractivity contribution >= 4 is 33.3 Å². The van der Waals surface area contributed by atoms with E-state index in [1.165, 1.54) is 0 Å². The van der Waals surface area contributed by atoms with Crippen molar-refractivity contribution in [2.45, 2.75) is 38.9 Å². The molecule has 0 radical (unpaired) electrons. The molecule has 0 aromatic heterocycles. The summed E-state index contributed by atoms with van der Waals surface area (Å²) in [7, 11) is 0. The molecule has 0 heterocycles. The summed E-state index contributed by atoms with van der Waals surface area (Å²) in [6.07, 6.45) is 0.751. The zero-order valence-electron chi connectivity index (χ0n) is 11.8. The van der Waals surface area contributed by atoms with E-state index in [0.717, 1.165) is 6.42 Å².